The molecule has 2 heterocycles. The van der Waals surface area contributed by atoms with E-state index >= 15 is 0 Å². The van der Waals surface area contributed by atoms with Gasteiger partial charge in [-0.25, -0.2) is 4.79 Å². The van der Waals surface area contributed by atoms with Crippen molar-refractivity contribution in [2.75, 3.05) is 14.2 Å². The Bertz CT molecular complexity index is 1030. The van der Waals surface area contributed by atoms with Gasteiger partial charge in [0.05, 0.1) is 18.9 Å². The Labute approximate surface area is 175 Å². The highest BCUT2D eigenvalue weighted by molar-refractivity contribution is 5.88. The fourth-order valence-corrected chi connectivity index (χ4v) is 4.33. The lowest BCUT2D eigenvalue weighted by atomic mass is 9.87. The standard InChI is InChI=1S/C23H27NO6/c1-12(2)18-5-13-6-22(30-15-7-14(8-15)28-3)21(29-4)9-16(13)19-10-20(25)17(23(26)27)11-24(18)19/h6,9-12,14-15,18H,5,7-8H2,1-4H3,(H,26,27). The van der Waals surface area contributed by atoms with E-state index in [1.54, 1.807) is 14.2 Å². The van der Waals surface area contributed by atoms with Gasteiger partial charge in [-0.3, -0.25) is 4.79 Å². The van der Waals surface area contributed by atoms with E-state index in [2.05, 4.69) is 13.8 Å². The predicted molar refractivity (Wildman–Crippen MR) is 112 cm³/mol. The molecule has 1 unspecified atom stereocenters. The molecule has 1 aromatic carbocycles. The molecule has 2 aliphatic rings. The summed E-state index contributed by atoms with van der Waals surface area (Å²) in [5, 5.41) is 9.40. The molecule has 0 spiro atoms. The van der Waals surface area contributed by atoms with Crippen molar-refractivity contribution in [3.8, 4) is 22.8 Å². The van der Waals surface area contributed by atoms with Gasteiger partial charge in [0, 0.05) is 43.8 Å². The molecule has 4 rings (SSSR count). The Morgan fingerprint density at radius 2 is 1.87 bits per heavy atom. The van der Waals surface area contributed by atoms with E-state index in [9.17, 15) is 14.7 Å². The van der Waals surface area contributed by atoms with Crippen LogP contribution >= 0.6 is 0 Å². The van der Waals surface area contributed by atoms with Gasteiger partial charge in [-0.15, -0.1) is 0 Å². The van der Waals surface area contributed by atoms with Crippen LogP contribution in [0.3, 0.4) is 0 Å². The summed E-state index contributed by atoms with van der Waals surface area (Å²) >= 11 is 0. The van der Waals surface area contributed by atoms with Gasteiger partial charge in [-0.05, 0) is 30.0 Å². The van der Waals surface area contributed by atoms with Crippen molar-refractivity contribution in [3.05, 3.63) is 45.7 Å². The van der Waals surface area contributed by atoms with E-state index in [0.29, 0.717) is 23.6 Å². The molecule has 0 saturated heterocycles. The fourth-order valence-electron chi connectivity index (χ4n) is 4.33. The van der Waals surface area contributed by atoms with E-state index in [-0.39, 0.29) is 29.7 Å². The van der Waals surface area contributed by atoms with Gasteiger partial charge in [0.15, 0.2) is 16.9 Å². The van der Waals surface area contributed by atoms with E-state index in [0.717, 1.165) is 24.0 Å². The number of rotatable bonds is 6. The molecule has 1 aromatic heterocycles. The number of pyridine rings is 1. The molecule has 0 amide bonds. The second kappa shape index (κ2) is 7.80. The van der Waals surface area contributed by atoms with Crippen LogP contribution in [0, 0.1) is 5.92 Å². The highest BCUT2D eigenvalue weighted by atomic mass is 16.5. The van der Waals surface area contributed by atoms with Crippen molar-refractivity contribution in [1.82, 2.24) is 4.57 Å². The molecular formula is C23H27NO6. The Balaban J connectivity index is 1.79. The number of nitrogens with zero attached hydrogens (tertiary/aromatic N) is 1. The van der Waals surface area contributed by atoms with Crippen LogP contribution in [0.15, 0.2) is 29.2 Å². The van der Waals surface area contributed by atoms with Crippen LogP contribution in [-0.2, 0) is 11.2 Å². The largest absolute Gasteiger partial charge is 0.493 e. The molecule has 7 heteroatoms. The maximum Gasteiger partial charge on any atom is 0.341 e. The van der Waals surface area contributed by atoms with Crippen LogP contribution in [0.2, 0.25) is 0 Å². The predicted octanol–water partition coefficient (Wildman–Crippen LogP) is 3.53. The first-order valence-electron chi connectivity index (χ1n) is 10.2. The monoisotopic (exact) mass is 413 g/mol. The summed E-state index contributed by atoms with van der Waals surface area (Å²) in [6.45, 7) is 4.19. The minimum Gasteiger partial charge on any atom is -0.493 e. The second-order valence-electron chi connectivity index (χ2n) is 8.39. The molecular weight excluding hydrogens is 386 g/mol. The number of hydrogen-bond donors (Lipinski definition) is 1. The van der Waals surface area contributed by atoms with Gasteiger partial charge >= 0.3 is 5.97 Å². The minimum atomic E-state index is -1.21. The van der Waals surface area contributed by atoms with Crippen molar-refractivity contribution < 1.29 is 24.1 Å². The summed E-state index contributed by atoms with van der Waals surface area (Å²) in [5.41, 5.74) is 1.93. The first-order chi connectivity index (χ1) is 14.3. The third kappa shape index (κ3) is 3.47. The topological polar surface area (TPSA) is 87.0 Å². The highest BCUT2D eigenvalue weighted by Crippen LogP contribution is 2.43. The highest BCUT2D eigenvalue weighted by Gasteiger charge is 2.33. The van der Waals surface area contributed by atoms with Crippen molar-refractivity contribution in [3.63, 3.8) is 0 Å². The summed E-state index contributed by atoms with van der Waals surface area (Å²) in [5.74, 6) is 0.330. The van der Waals surface area contributed by atoms with Gasteiger partial charge in [0.1, 0.15) is 11.7 Å². The average Bonchev–Trinajstić information content (AvgIpc) is 2.68. The Kier molecular flexibility index (Phi) is 5.32. The number of carbonyl (C=O) groups is 1. The second-order valence-corrected chi connectivity index (χ2v) is 8.39. The van der Waals surface area contributed by atoms with Gasteiger partial charge in [-0.1, -0.05) is 13.8 Å². The number of aromatic carboxylic acids is 1. The lowest BCUT2D eigenvalue weighted by molar-refractivity contribution is -0.0388. The SMILES string of the molecule is COc1cc2c(cc1OC1CC(OC)C1)CC(C(C)C)n1cc(C(=O)O)c(=O)cc1-2. The van der Waals surface area contributed by atoms with Crippen LogP contribution in [0.4, 0.5) is 0 Å². The summed E-state index contributed by atoms with van der Waals surface area (Å²) < 4.78 is 19.0. The molecule has 2 aromatic rings. The lowest BCUT2D eigenvalue weighted by Crippen LogP contribution is -2.39. The van der Waals surface area contributed by atoms with Crippen LogP contribution in [-0.4, -0.2) is 42.1 Å². The molecule has 0 bridgehead atoms. The van der Waals surface area contributed by atoms with Crippen LogP contribution in [0.25, 0.3) is 11.3 Å². The number of fused-ring (bicyclic) bond motifs is 3. The Morgan fingerprint density at radius 3 is 2.47 bits per heavy atom. The molecule has 30 heavy (non-hydrogen) atoms. The Hall–Kier alpha value is -2.80. The van der Waals surface area contributed by atoms with Crippen LogP contribution < -0.4 is 14.9 Å². The smallest absolute Gasteiger partial charge is 0.341 e. The summed E-state index contributed by atoms with van der Waals surface area (Å²) in [6, 6.07) is 5.35. The first kappa shape index (κ1) is 20.5. The van der Waals surface area contributed by atoms with E-state index in [4.69, 9.17) is 14.2 Å². The number of carboxylic acid groups (broad SMARTS) is 1. The average molecular weight is 413 g/mol. The quantitative estimate of drug-likeness (QED) is 0.780. The zero-order chi connectivity index (χ0) is 21.6. The zero-order valence-corrected chi connectivity index (χ0v) is 17.7. The number of aromatic nitrogens is 1. The summed E-state index contributed by atoms with van der Waals surface area (Å²) in [4.78, 5) is 23.9. The maximum absolute atomic E-state index is 12.4. The molecule has 1 N–H and O–H groups in total. The molecule has 1 aliphatic carbocycles. The van der Waals surface area contributed by atoms with Crippen LogP contribution in [0.5, 0.6) is 11.5 Å². The molecule has 1 saturated carbocycles. The van der Waals surface area contributed by atoms with Gasteiger partial charge in [0.2, 0.25) is 0 Å². The number of ether oxygens (including phenoxy) is 3. The fraction of sp³-hybridized carbons (Fsp3) is 0.478. The first-order valence-corrected chi connectivity index (χ1v) is 10.2. The molecule has 0 radical (unpaired) electrons. The normalized spacial score (nSPS) is 22.1. The number of hydrogen-bond acceptors (Lipinski definition) is 5. The van der Waals surface area contributed by atoms with Gasteiger partial charge < -0.3 is 23.9 Å². The maximum atomic E-state index is 12.4. The number of methoxy groups -OCH3 is 2. The summed E-state index contributed by atoms with van der Waals surface area (Å²) in [7, 11) is 3.30. The van der Waals surface area contributed by atoms with E-state index < -0.39 is 11.4 Å². The zero-order valence-electron chi connectivity index (χ0n) is 17.7. The van der Waals surface area contributed by atoms with E-state index in [1.807, 2.05) is 16.7 Å². The van der Waals surface area contributed by atoms with Crippen molar-refractivity contribution in [2.45, 2.75) is 51.4 Å². The Morgan fingerprint density at radius 1 is 1.13 bits per heavy atom. The van der Waals surface area contributed by atoms with Crippen molar-refractivity contribution in [1.29, 1.82) is 0 Å². The van der Waals surface area contributed by atoms with Crippen molar-refractivity contribution >= 4 is 5.97 Å². The van der Waals surface area contributed by atoms with Crippen molar-refractivity contribution in [2.24, 2.45) is 5.92 Å². The van der Waals surface area contributed by atoms with Gasteiger partial charge in [-0.2, -0.15) is 0 Å². The third-order valence-corrected chi connectivity index (χ3v) is 6.21. The molecule has 1 aliphatic heterocycles. The summed E-state index contributed by atoms with van der Waals surface area (Å²) in [6.07, 6.45) is 4.23. The lowest BCUT2D eigenvalue weighted by Gasteiger charge is -2.36. The van der Waals surface area contributed by atoms with Gasteiger partial charge in [0.25, 0.3) is 0 Å². The number of carboxylic acids is 1. The molecule has 160 valence electrons. The minimum absolute atomic E-state index is 0.0361. The molecule has 1 atom stereocenters. The molecule has 7 nitrogen and oxygen atoms in total. The van der Waals surface area contributed by atoms with Crippen LogP contribution in [0.1, 0.15) is 48.7 Å². The number of benzene rings is 1. The molecule has 1 fully saturated rings. The van der Waals surface area contributed by atoms with E-state index in [1.165, 1.54) is 12.3 Å². The third-order valence-electron chi connectivity index (χ3n) is 6.21.